The van der Waals surface area contributed by atoms with Crippen LogP contribution in [-0.2, 0) is 0 Å². The molecule has 148 valence electrons. The van der Waals surface area contributed by atoms with Gasteiger partial charge in [-0.15, -0.1) is 10.2 Å². The smallest absolute Gasteiger partial charge is 0.271 e. The van der Waals surface area contributed by atoms with E-state index < -0.39 is 0 Å². The van der Waals surface area contributed by atoms with Crippen molar-refractivity contribution < 1.29 is 13.9 Å². The number of nitrogens with zero attached hydrogens (tertiary/aromatic N) is 3. The van der Waals surface area contributed by atoms with Crippen LogP contribution in [0.25, 0.3) is 0 Å². The molecule has 1 saturated heterocycles. The zero-order valence-electron chi connectivity index (χ0n) is 15.8. The standard InChI is InChI=1S/C21H25FN4O2/c22-16-3-5-17(6-4-16)28-18-10-13-26(14-11-18)20-8-7-19(24-25-20)21(27)23-12-9-15-1-2-15/h3-8,15,18H,1-2,9-14H2,(H,23,27). The quantitative estimate of drug-likeness (QED) is 0.794. The van der Waals surface area contributed by atoms with Crippen molar-refractivity contribution in [1.82, 2.24) is 15.5 Å². The van der Waals surface area contributed by atoms with Gasteiger partial charge < -0.3 is 15.0 Å². The van der Waals surface area contributed by atoms with Crippen molar-refractivity contribution in [2.24, 2.45) is 5.92 Å². The second-order valence-corrected chi connectivity index (χ2v) is 7.52. The molecule has 0 radical (unpaired) electrons. The number of aromatic nitrogens is 2. The number of amides is 1. The summed E-state index contributed by atoms with van der Waals surface area (Å²) in [6, 6.07) is 9.70. The lowest BCUT2D eigenvalue weighted by molar-refractivity contribution is 0.0946. The lowest BCUT2D eigenvalue weighted by atomic mass is 10.1. The Morgan fingerprint density at radius 3 is 2.46 bits per heavy atom. The summed E-state index contributed by atoms with van der Waals surface area (Å²) in [7, 11) is 0. The molecule has 2 fully saturated rings. The molecule has 0 bridgehead atoms. The van der Waals surface area contributed by atoms with Crippen molar-refractivity contribution in [3.8, 4) is 5.75 Å². The Labute approximate surface area is 164 Å². The van der Waals surface area contributed by atoms with Gasteiger partial charge in [-0.1, -0.05) is 12.8 Å². The second kappa shape index (κ2) is 8.54. The number of rotatable bonds is 7. The fraction of sp³-hybridized carbons (Fsp3) is 0.476. The molecule has 1 aromatic carbocycles. The molecule has 1 aromatic heterocycles. The molecule has 1 aliphatic heterocycles. The average molecular weight is 384 g/mol. The maximum atomic E-state index is 13.0. The summed E-state index contributed by atoms with van der Waals surface area (Å²) in [6.45, 7) is 2.30. The summed E-state index contributed by atoms with van der Waals surface area (Å²) in [5, 5.41) is 11.2. The highest BCUT2D eigenvalue weighted by Crippen LogP contribution is 2.31. The van der Waals surface area contributed by atoms with Crippen molar-refractivity contribution in [2.45, 2.75) is 38.2 Å². The van der Waals surface area contributed by atoms with Gasteiger partial charge in [0.05, 0.1) is 0 Å². The molecule has 1 amide bonds. The van der Waals surface area contributed by atoms with Crippen LogP contribution in [0, 0.1) is 11.7 Å². The molecule has 2 aromatic rings. The zero-order chi connectivity index (χ0) is 19.3. The van der Waals surface area contributed by atoms with Crippen LogP contribution < -0.4 is 15.0 Å². The van der Waals surface area contributed by atoms with Gasteiger partial charge in [-0.2, -0.15) is 0 Å². The molecule has 0 spiro atoms. The van der Waals surface area contributed by atoms with Gasteiger partial charge in [-0.3, -0.25) is 4.79 Å². The largest absolute Gasteiger partial charge is 0.490 e. The number of anilines is 1. The zero-order valence-corrected chi connectivity index (χ0v) is 15.8. The van der Waals surface area contributed by atoms with Crippen LogP contribution in [0.4, 0.5) is 10.2 Å². The van der Waals surface area contributed by atoms with E-state index in [1.54, 1.807) is 18.2 Å². The summed E-state index contributed by atoms with van der Waals surface area (Å²) in [6.07, 6.45) is 5.43. The predicted octanol–water partition coefficient (Wildman–Crippen LogP) is 3.19. The summed E-state index contributed by atoms with van der Waals surface area (Å²) in [5.74, 6) is 1.84. The van der Waals surface area contributed by atoms with Gasteiger partial charge in [0, 0.05) is 32.5 Å². The summed E-state index contributed by atoms with van der Waals surface area (Å²) < 4.78 is 18.9. The second-order valence-electron chi connectivity index (χ2n) is 7.52. The molecule has 28 heavy (non-hydrogen) atoms. The Morgan fingerprint density at radius 1 is 1.07 bits per heavy atom. The third kappa shape index (κ3) is 4.97. The number of carbonyl (C=O) groups excluding carboxylic acids is 1. The maximum absolute atomic E-state index is 13.0. The lowest BCUT2D eigenvalue weighted by Gasteiger charge is -2.32. The Balaban J connectivity index is 1.24. The van der Waals surface area contributed by atoms with Gasteiger partial charge in [0.1, 0.15) is 17.7 Å². The first-order chi connectivity index (χ1) is 13.7. The van der Waals surface area contributed by atoms with Crippen LogP contribution in [0.2, 0.25) is 0 Å². The van der Waals surface area contributed by atoms with Crippen molar-refractivity contribution in [3.05, 3.63) is 47.9 Å². The van der Waals surface area contributed by atoms with E-state index in [0.29, 0.717) is 18.0 Å². The normalized spacial score (nSPS) is 17.4. The Bertz CT molecular complexity index is 785. The van der Waals surface area contributed by atoms with E-state index in [4.69, 9.17) is 4.74 Å². The van der Waals surface area contributed by atoms with Crippen LogP contribution in [0.15, 0.2) is 36.4 Å². The van der Waals surface area contributed by atoms with Crippen LogP contribution in [0.5, 0.6) is 5.75 Å². The van der Waals surface area contributed by atoms with Crippen molar-refractivity contribution in [1.29, 1.82) is 0 Å². The first-order valence-corrected chi connectivity index (χ1v) is 9.96. The lowest BCUT2D eigenvalue weighted by Crippen LogP contribution is -2.39. The third-order valence-electron chi connectivity index (χ3n) is 5.30. The number of piperidine rings is 1. The molecule has 4 rings (SSSR count). The molecule has 1 saturated carbocycles. The topological polar surface area (TPSA) is 67.4 Å². The predicted molar refractivity (Wildman–Crippen MR) is 104 cm³/mol. The summed E-state index contributed by atoms with van der Waals surface area (Å²) in [4.78, 5) is 14.2. The van der Waals surface area contributed by atoms with Crippen molar-refractivity contribution >= 4 is 11.7 Å². The molecular formula is C21H25FN4O2. The van der Waals surface area contributed by atoms with Gasteiger partial charge in [-0.05, 0) is 48.7 Å². The molecular weight excluding hydrogens is 359 g/mol. The van der Waals surface area contributed by atoms with E-state index >= 15 is 0 Å². The molecule has 1 N–H and O–H groups in total. The number of hydrogen-bond acceptors (Lipinski definition) is 5. The van der Waals surface area contributed by atoms with Gasteiger partial charge >= 0.3 is 0 Å². The molecule has 1 aliphatic carbocycles. The number of nitrogens with one attached hydrogen (secondary N) is 1. The Morgan fingerprint density at radius 2 is 1.82 bits per heavy atom. The van der Waals surface area contributed by atoms with Crippen LogP contribution in [-0.4, -0.2) is 41.8 Å². The van der Waals surface area contributed by atoms with Crippen LogP contribution in [0.3, 0.4) is 0 Å². The SMILES string of the molecule is O=C(NCCC1CC1)c1ccc(N2CCC(Oc3ccc(F)cc3)CC2)nn1. The number of hydrogen-bond donors (Lipinski definition) is 1. The summed E-state index contributed by atoms with van der Waals surface area (Å²) in [5.41, 5.74) is 0.356. The fourth-order valence-corrected chi connectivity index (χ4v) is 3.41. The minimum absolute atomic E-state index is 0.103. The number of halogens is 1. The van der Waals surface area contributed by atoms with E-state index in [-0.39, 0.29) is 17.8 Å². The van der Waals surface area contributed by atoms with Crippen LogP contribution >= 0.6 is 0 Å². The van der Waals surface area contributed by atoms with Gasteiger partial charge in [-0.25, -0.2) is 4.39 Å². The Hall–Kier alpha value is -2.70. The first kappa shape index (κ1) is 18.7. The molecule has 0 atom stereocenters. The van der Waals surface area contributed by atoms with E-state index in [0.717, 1.165) is 44.1 Å². The van der Waals surface area contributed by atoms with Gasteiger partial charge in [0.15, 0.2) is 11.5 Å². The van der Waals surface area contributed by atoms with Crippen molar-refractivity contribution in [2.75, 3.05) is 24.5 Å². The highest BCUT2D eigenvalue weighted by molar-refractivity contribution is 5.92. The highest BCUT2D eigenvalue weighted by atomic mass is 19.1. The summed E-state index contributed by atoms with van der Waals surface area (Å²) >= 11 is 0. The number of ether oxygens (including phenoxy) is 1. The van der Waals surface area contributed by atoms with E-state index in [2.05, 4.69) is 20.4 Å². The fourth-order valence-electron chi connectivity index (χ4n) is 3.41. The average Bonchev–Trinajstić information content (AvgIpc) is 3.55. The third-order valence-corrected chi connectivity index (χ3v) is 5.30. The Kier molecular flexibility index (Phi) is 5.69. The first-order valence-electron chi connectivity index (χ1n) is 9.96. The minimum atomic E-state index is -0.263. The van der Waals surface area contributed by atoms with E-state index in [1.807, 2.05) is 6.07 Å². The van der Waals surface area contributed by atoms with Crippen molar-refractivity contribution in [3.63, 3.8) is 0 Å². The molecule has 7 heteroatoms. The number of benzene rings is 1. The molecule has 2 aliphatic rings. The van der Waals surface area contributed by atoms with E-state index in [9.17, 15) is 9.18 Å². The highest BCUT2D eigenvalue weighted by Gasteiger charge is 2.23. The molecule has 6 nitrogen and oxygen atoms in total. The number of carbonyl (C=O) groups is 1. The van der Waals surface area contributed by atoms with E-state index in [1.165, 1.54) is 25.0 Å². The monoisotopic (exact) mass is 384 g/mol. The minimum Gasteiger partial charge on any atom is -0.490 e. The molecule has 2 heterocycles. The maximum Gasteiger partial charge on any atom is 0.271 e. The van der Waals surface area contributed by atoms with Gasteiger partial charge in [0.25, 0.3) is 5.91 Å². The van der Waals surface area contributed by atoms with Crippen LogP contribution in [0.1, 0.15) is 42.6 Å². The van der Waals surface area contributed by atoms with Gasteiger partial charge in [0.2, 0.25) is 0 Å². The molecule has 0 unspecified atom stereocenters.